The van der Waals surface area contributed by atoms with Crippen LogP contribution in [0.3, 0.4) is 0 Å². The van der Waals surface area contributed by atoms with Crippen LogP contribution in [0.4, 0.5) is 17.1 Å². The number of amides is 2. The lowest BCUT2D eigenvalue weighted by atomic mass is 10.1. The lowest BCUT2D eigenvalue weighted by molar-refractivity contribution is 0.0939. The molecule has 1 aliphatic rings. The third kappa shape index (κ3) is 6.57. The molecule has 5 rings (SSSR count). The van der Waals surface area contributed by atoms with Gasteiger partial charge in [0, 0.05) is 37.6 Å². The Morgan fingerprint density at radius 1 is 0.659 bits per heavy atom. The van der Waals surface area contributed by atoms with Crippen LogP contribution < -0.4 is 34.6 Å². The Labute approximate surface area is 258 Å². The molecule has 4 aromatic carbocycles. The zero-order chi connectivity index (χ0) is 31.1. The minimum atomic E-state index is -0.401. The molecule has 0 bridgehead atoms. The lowest BCUT2D eigenvalue weighted by Gasteiger charge is -2.38. The van der Waals surface area contributed by atoms with Crippen molar-refractivity contribution < 1.29 is 23.8 Å². The summed E-state index contributed by atoms with van der Waals surface area (Å²) in [5, 5.41) is 6.08. The second-order valence-corrected chi connectivity index (χ2v) is 10.5. The van der Waals surface area contributed by atoms with Crippen molar-refractivity contribution in [2.45, 2.75) is 13.0 Å². The first kappa shape index (κ1) is 30.3. The summed E-state index contributed by atoms with van der Waals surface area (Å²) in [6.07, 6.45) is 0. The number of carbonyl (C=O) groups is 2. The SMILES string of the molecule is COc1ccccc1N1CCN(c2ccc(NC(=O)c3c(OC)cccc3OC)cc2C(=O)N[C@H](C)c2ccccc2)CC1. The molecule has 1 aliphatic heterocycles. The van der Waals surface area contributed by atoms with E-state index in [1.807, 2.05) is 67.6 Å². The van der Waals surface area contributed by atoms with Crippen molar-refractivity contribution in [1.82, 2.24) is 5.32 Å². The molecule has 1 heterocycles. The van der Waals surface area contributed by atoms with Crippen LogP contribution in [-0.4, -0.2) is 59.3 Å². The number of benzene rings is 4. The summed E-state index contributed by atoms with van der Waals surface area (Å²) in [6, 6.07) is 28.2. The van der Waals surface area contributed by atoms with Gasteiger partial charge >= 0.3 is 0 Å². The van der Waals surface area contributed by atoms with Crippen LogP contribution in [0.5, 0.6) is 17.2 Å². The van der Waals surface area contributed by atoms with E-state index >= 15 is 0 Å². The molecule has 2 N–H and O–H groups in total. The first-order chi connectivity index (χ1) is 21.4. The van der Waals surface area contributed by atoms with Gasteiger partial charge in [0.25, 0.3) is 11.8 Å². The number of anilines is 3. The fourth-order valence-electron chi connectivity index (χ4n) is 5.52. The van der Waals surface area contributed by atoms with Crippen LogP contribution in [0.1, 0.15) is 39.2 Å². The highest BCUT2D eigenvalue weighted by Gasteiger charge is 2.25. The maximum Gasteiger partial charge on any atom is 0.263 e. The van der Waals surface area contributed by atoms with Crippen molar-refractivity contribution in [2.24, 2.45) is 0 Å². The van der Waals surface area contributed by atoms with Gasteiger partial charge in [0.05, 0.1) is 38.6 Å². The van der Waals surface area contributed by atoms with Gasteiger partial charge in [-0.2, -0.15) is 0 Å². The van der Waals surface area contributed by atoms with Gasteiger partial charge in [-0.25, -0.2) is 0 Å². The predicted molar refractivity (Wildman–Crippen MR) is 174 cm³/mol. The second kappa shape index (κ2) is 13.9. The van der Waals surface area contributed by atoms with Crippen LogP contribution in [0.15, 0.2) is 91.0 Å². The van der Waals surface area contributed by atoms with Crippen LogP contribution in [0.25, 0.3) is 0 Å². The number of para-hydroxylation sites is 2. The summed E-state index contributed by atoms with van der Waals surface area (Å²) in [5.41, 5.74) is 4.09. The zero-order valence-electron chi connectivity index (χ0n) is 25.5. The highest BCUT2D eigenvalue weighted by molar-refractivity contribution is 6.09. The second-order valence-electron chi connectivity index (χ2n) is 10.5. The van der Waals surface area contributed by atoms with E-state index in [-0.39, 0.29) is 17.5 Å². The summed E-state index contributed by atoms with van der Waals surface area (Å²) in [6.45, 7) is 4.88. The maximum absolute atomic E-state index is 13.9. The molecule has 0 aromatic heterocycles. The van der Waals surface area contributed by atoms with Crippen LogP contribution >= 0.6 is 0 Å². The summed E-state index contributed by atoms with van der Waals surface area (Å²) in [4.78, 5) is 31.8. The average molecular weight is 595 g/mol. The summed E-state index contributed by atoms with van der Waals surface area (Å²) < 4.78 is 16.4. The molecule has 9 nitrogen and oxygen atoms in total. The Morgan fingerprint density at radius 3 is 1.86 bits per heavy atom. The van der Waals surface area contributed by atoms with Gasteiger partial charge in [0.2, 0.25) is 0 Å². The van der Waals surface area contributed by atoms with Crippen LogP contribution in [0.2, 0.25) is 0 Å². The number of rotatable bonds is 10. The highest BCUT2D eigenvalue weighted by Crippen LogP contribution is 2.33. The first-order valence-electron chi connectivity index (χ1n) is 14.6. The first-order valence-corrected chi connectivity index (χ1v) is 14.6. The van der Waals surface area contributed by atoms with Crippen LogP contribution in [0, 0.1) is 0 Å². The smallest absolute Gasteiger partial charge is 0.263 e. The minimum absolute atomic E-state index is 0.213. The Hall–Kier alpha value is -5.18. The third-order valence-corrected chi connectivity index (χ3v) is 7.85. The summed E-state index contributed by atoms with van der Waals surface area (Å²) in [5.74, 6) is 0.987. The molecular weight excluding hydrogens is 556 g/mol. The quantitative estimate of drug-likeness (QED) is 0.240. The Kier molecular flexibility index (Phi) is 9.54. The van der Waals surface area contributed by atoms with Crippen molar-refractivity contribution in [3.8, 4) is 17.2 Å². The minimum Gasteiger partial charge on any atom is -0.496 e. The molecule has 0 spiro atoms. The molecule has 2 amide bonds. The number of hydrogen-bond donors (Lipinski definition) is 2. The number of nitrogens with zero attached hydrogens (tertiary/aromatic N) is 2. The molecule has 0 radical (unpaired) electrons. The van der Waals surface area contributed by atoms with E-state index in [1.54, 1.807) is 31.4 Å². The highest BCUT2D eigenvalue weighted by atomic mass is 16.5. The van der Waals surface area contributed by atoms with E-state index in [4.69, 9.17) is 14.2 Å². The van der Waals surface area contributed by atoms with E-state index in [2.05, 4.69) is 26.5 Å². The standard InChI is InChI=1S/C35H38N4O5/c1-24(25-11-6-5-7-12-25)36-34(40)27-23-26(37-35(41)33-31(43-3)15-10-16-32(33)44-4)17-18-28(27)38-19-21-39(22-20-38)29-13-8-9-14-30(29)42-2/h5-18,23-24H,19-22H2,1-4H3,(H,36,40)(H,37,41)/t24-/m1/s1. The zero-order valence-corrected chi connectivity index (χ0v) is 25.5. The number of methoxy groups -OCH3 is 3. The molecule has 9 heteroatoms. The van der Waals surface area contributed by atoms with E-state index in [0.717, 1.165) is 35.8 Å². The van der Waals surface area contributed by atoms with Gasteiger partial charge < -0.3 is 34.6 Å². The Morgan fingerprint density at radius 2 is 1.23 bits per heavy atom. The number of hydrogen-bond acceptors (Lipinski definition) is 7. The van der Waals surface area contributed by atoms with Gasteiger partial charge in [0.15, 0.2) is 0 Å². The monoisotopic (exact) mass is 594 g/mol. The Balaban J connectivity index is 1.42. The molecular formula is C35H38N4O5. The van der Waals surface area contributed by atoms with Gasteiger partial charge in [-0.15, -0.1) is 0 Å². The fraction of sp³-hybridized carbons (Fsp3) is 0.257. The summed E-state index contributed by atoms with van der Waals surface area (Å²) >= 11 is 0. The van der Waals surface area contributed by atoms with Crippen molar-refractivity contribution in [2.75, 3.05) is 62.6 Å². The van der Waals surface area contributed by atoms with E-state index in [9.17, 15) is 9.59 Å². The molecule has 4 aromatic rings. The van der Waals surface area contributed by atoms with E-state index in [1.165, 1.54) is 14.2 Å². The lowest BCUT2D eigenvalue weighted by Crippen LogP contribution is -2.47. The van der Waals surface area contributed by atoms with Crippen molar-refractivity contribution in [3.05, 3.63) is 108 Å². The van der Waals surface area contributed by atoms with Crippen LogP contribution in [-0.2, 0) is 0 Å². The fourth-order valence-corrected chi connectivity index (χ4v) is 5.52. The normalized spacial score (nSPS) is 13.5. The Bertz CT molecular complexity index is 1580. The maximum atomic E-state index is 13.9. The molecule has 0 saturated carbocycles. The van der Waals surface area contributed by atoms with Gasteiger partial charge in [-0.1, -0.05) is 48.5 Å². The van der Waals surface area contributed by atoms with Crippen molar-refractivity contribution in [1.29, 1.82) is 0 Å². The van der Waals surface area contributed by atoms with E-state index in [0.29, 0.717) is 35.8 Å². The number of carbonyl (C=O) groups excluding carboxylic acids is 2. The molecule has 44 heavy (non-hydrogen) atoms. The van der Waals surface area contributed by atoms with E-state index < -0.39 is 5.91 Å². The largest absolute Gasteiger partial charge is 0.496 e. The number of nitrogens with one attached hydrogen (secondary N) is 2. The molecule has 1 fully saturated rings. The summed E-state index contributed by atoms with van der Waals surface area (Å²) in [7, 11) is 4.69. The molecule has 0 aliphatic carbocycles. The van der Waals surface area contributed by atoms with Crippen molar-refractivity contribution >= 4 is 28.9 Å². The molecule has 228 valence electrons. The molecule has 1 saturated heterocycles. The molecule has 1 atom stereocenters. The van der Waals surface area contributed by atoms with Gasteiger partial charge in [-0.05, 0) is 55.0 Å². The van der Waals surface area contributed by atoms with Crippen molar-refractivity contribution in [3.63, 3.8) is 0 Å². The average Bonchev–Trinajstić information content (AvgIpc) is 3.08. The number of piperazine rings is 1. The van der Waals surface area contributed by atoms with Gasteiger partial charge in [-0.3, -0.25) is 9.59 Å². The third-order valence-electron chi connectivity index (χ3n) is 7.85. The van der Waals surface area contributed by atoms with Gasteiger partial charge in [0.1, 0.15) is 22.8 Å². The predicted octanol–water partition coefficient (Wildman–Crippen LogP) is 5.78. The molecule has 0 unspecified atom stereocenters. The number of ether oxygens (including phenoxy) is 3. The topological polar surface area (TPSA) is 92.4 Å².